The highest BCUT2D eigenvalue weighted by molar-refractivity contribution is 7.25. The van der Waals surface area contributed by atoms with Gasteiger partial charge >= 0.3 is 0 Å². The van der Waals surface area contributed by atoms with Gasteiger partial charge in [0.1, 0.15) is 11.2 Å². The minimum absolute atomic E-state index is 0.514. The molecule has 0 saturated carbocycles. The fraction of sp³-hybridized carbons (Fsp3) is 0.0164. The number of fused-ring (bicyclic) bond motifs is 9. The molecule has 2 nitrogen and oxygen atoms in total. The smallest absolute Gasteiger partial charge is 0.143 e. The minimum atomic E-state index is -0.514. The van der Waals surface area contributed by atoms with Crippen LogP contribution in [0.1, 0.15) is 22.3 Å². The number of furan rings is 1. The average Bonchev–Trinajstić information content (AvgIpc) is 4.04. The molecule has 2 aromatic heterocycles. The molecule has 0 saturated heterocycles. The van der Waals surface area contributed by atoms with Crippen molar-refractivity contribution in [3.05, 3.63) is 259 Å². The second-order valence-electron chi connectivity index (χ2n) is 16.7. The summed E-state index contributed by atoms with van der Waals surface area (Å²) in [5.41, 5.74) is 16.7. The first-order valence-corrected chi connectivity index (χ1v) is 22.7. The Kier molecular flexibility index (Phi) is 8.34. The molecule has 13 rings (SSSR count). The van der Waals surface area contributed by atoms with Crippen LogP contribution in [0.2, 0.25) is 0 Å². The van der Waals surface area contributed by atoms with E-state index in [2.05, 4.69) is 235 Å². The van der Waals surface area contributed by atoms with Gasteiger partial charge in [0.05, 0.1) is 11.1 Å². The summed E-state index contributed by atoms with van der Waals surface area (Å²) in [6, 6.07) is 86.5. The minimum Gasteiger partial charge on any atom is -0.455 e. The highest BCUT2D eigenvalue weighted by Crippen LogP contribution is 2.59. The number of thiophene rings is 1. The molecular weight excluding hydrogens is 795 g/mol. The molecule has 64 heavy (non-hydrogen) atoms. The van der Waals surface area contributed by atoms with Crippen molar-refractivity contribution in [3.8, 4) is 33.4 Å². The molecule has 1 aliphatic carbocycles. The fourth-order valence-corrected chi connectivity index (χ4v) is 11.6. The molecule has 12 aromatic rings. The topological polar surface area (TPSA) is 16.4 Å². The van der Waals surface area contributed by atoms with Crippen molar-refractivity contribution in [2.75, 3.05) is 4.90 Å². The van der Waals surface area contributed by atoms with Gasteiger partial charge in [-0.3, -0.25) is 0 Å². The Morgan fingerprint density at radius 2 is 0.938 bits per heavy atom. The van der Waals surface area contributed by atoms with E-state index in [1.165, 1.54) is 64.7 Å². The highest BCUT2D eigenvalue weighted by atomic mass is 32.1. The molecule has 0 spiro atoms. The van der Waals surface area contributed by atoms with E-state index in [1.807, 2.05) is 17.4 Å². The van der Waals surface area contributed by atoms with Gasteiger partial charge in [-0.15, -0.1) is 11.3 Å². The molecule has 0 N–H and O–H groups in total. The molecule has 3 heteroatoms. The van der Waals surface area contributed by atoms with Crippen LogP contribution in [-0.4, -0.2) is 0 Å². The second-order valence-corrected chi connectivity index (χ2v) is 17.8. The van der Waals surface area contributed by atoms with E-state index >= 15 is 0 Å². The van der Waals surface area contributed by atoms with Crippen molar-refractivity contribution < 1.29 is 4.42 Å². The lowest BCUT2D eigenvalue weighted by Gasteiger charge is -2.34. The molecule has 2 heterocycles. The maximum absolute atomic E-state index is 6.51. The third kappa shape index (κ3) is 5.51. The van der Waals surface area contributed by atoms with Crippen LogP contribution in [0, 0.1) is 0 Å². The van der Waals surface area contributed by atoms with Gasteiger partial charge in [0, 0.05) is 53.4 Å². The zero-order valence-electron chi connectivity index (χ0n) is 34.8. The van der Waals surface area contributed by atoms with Crippen LogP contribution in [-0.2, 0) is 5.41 Å². The Bertz CT molecular complexity index is 3670. The Hall–Kier alpha value is -7.98. The number of rotatable bonds is 7. The number of para-hydroxylation sites is 2. The van der Waals surface area contributed by atoms with Gasteiger partial charge in [-0.25, -0.2) is 0 Å². The second kappa shape index (κ2) is 14.6. The Labute approximate surface area is 375 Å². The molecule has 1 aliphatic rings. The fourth-order valence-electron chi connectivity index (χ4n) is 10.6. The van der Waals surface area contributed by atoms with Gasteiger partial charge in [-0.2, -0.15) is 0 Å². The number of hydrogen-bond acceptors (Lipinski definition) is 3. The first-order chi connectivity index (χ1) is 31.7. The van der Waals surface area contributed by atoms with Crippen molar-refractivity contribution in [2.45, 2.75) is 5.41 Å². The van der Waals surface area contributed by atoms with Gasteiger partial charge in [0.15, 0.2) is 0 Å². The van der Waals surface area contributed by atoms with Crippen LogP contribution < -0.4 is 4.90 Å². The summed E-state index contributed by atoms with van der Waals surface area (Å²) in [7, 11) is 0. The van der Waals surface area contributed by atoms with Crippen molar-refractivity contribution in [1.29, 1.82) is 0 Å². The molecule has 0 radical (unpaired) electrons. The van der Waals surface area contributed by atoms with E-state index in [-0.39, 0.29) is 0 Å². The lowest BCUT2D eigenvalue weighted by molar-refractivity contribution is 0.670. The van der Waals surface area contributed by atoms with Gasteiger partial charge < -0.3 is 9.32 Å². The molecule has 0 fully saturated rings. The van der Waals surface area contributed by atoms with Crippen LogP contribution in [0.5, 0.6) is 0 Å². The third-order valence-corrected chi connectivity index (χ3v) is 14.5. The van der Waals surface area contributed by atoms with Crippen molar-refractivity contribution in [2.24, 2.45) is 0 Å². The van der Waals surface area contributed by atoms with Gasteiger partial charge in [0.2, 0.25) is 0 Å². The van der Waals surface area contributed by atoms with Crippen molar-refractivity contribution >= 4 is 70.5 Å². The van der Waals surface area contributed by atoms with Crippen LogP contribution in [0.3, 0.4) is 0 Å². The molecular formula is C61H39NOS. The van der Waals surface area contributed by atoms with Crippen LogP contribution in [0.25, 0.3) is 75.5 Å². The molecule has 0 aliphatic heterocycles. The van der Waals surface area contributed by atoms with E-state index in [0.717, 1.165) is 50.1 Å². The monoisotopic (exact) mass is 833 g/mol. The predicted molar refractivity (Wildman–Crippen MR) is 269 cm³/mol. The number of nitrogens with zero attached hydrogens (tertiary/aromatic N) is 1. The summed E-state index contributed by atoms with van der Waals surface area (Å²) in [6.07, 6.45) is 0. The summed E-state index contributed by atoms with van der Waals surface area (Å²) in [6.45, 7) is 0. The molecule has 0 bridgehead atoms. The summed E-state index contributed by atoms with van der Waals surface area (Å²) < 4.78 is 9.14. The maximum atomic E-state index is 6.51. The number of anilines is 3. The first kappa shape index (κ1) is 36.7. The molecule has 0 unspecified atom stereocenters. The molecule has 300 valence electrons. The van der Waals surface area contributed by atoms with E-state index in [1.54, 1.807) is 0 Å². The van der Waals surface area contributed by atoms with E-state index in [4.69, 9.17) is 4.42 Å². The Balaban J connectivity index is 1.01. The van der Waals surface area contributed by atoms with E-state index < -0.39 is 5.41 Å². The summed E-state index contributed by atoms with van der Waals surface area (Å²) >= 11 is 1.86. The number of hydrogen-bond donors (Lipinski definition) is 0. The quantitative estimate of drug-likeness (QED) is 0.159. The lowest BCUT2D eigenvalue weighted by Crippen LogP contribution is -2.28. The normalized spacial score (nSPS) is 12.8. The molecule has 10 aromatic carbocycles. The van der Waals surface area contributed by atoms with Gasteiger partial charge in [0.25, 0.3) is 0 Å². The average molecular weight is 834 g/mol. The van der Waals surface area contributed by atoms with E-state index in [0.29, 0.717) is 0 Å². The standard InChI is InChI=1S/C61H39NOS/c1-3-15-43(16-4-1)61(44-17-5-2-6-18-44)53-24-10-7-21-51(53)59-54(61)25-14-26-55(59)62(45-34-29-40(30-35-45)42-33-38-58-52(39-42)49-20-9-12-28-57(49)64-58)46-36-31-41(32-37-46)47-22-13-23-50-48-19-8-11-27-56(48)63-60(47)50/h1-39H. The lowest BCUT2D eigenvalue weighted by atomic mass is 9.68. The van der Waals surface area contributed by atoms with Gasteiger partial charge in [-0.1, -0.05) is 182 Å². The summed E-state index contributed by atoms with van der Waals surface area (Å²) in [5.74, 6) is 0. The molecule has 0 atom stereocenters. The largest absolute Gasteiger partial charge is 0.455 e. The SMILES string of the molecule is c1ccc(C2(c3ccccc3)c3ccccc3-c3c(N(c4ccc(-c5ccc6sc7ccccc7c6c5)cc4)c4ccc(-c5cccc6c5oc5ccccc56)cc4)cccc32)cc1. The first-order valence-electron chi connectivity index (χ1n) is 21.9. The highest BCUT2D eigenvalue weighted by Gasteiger charge is 2.47. The maximum Gasteiger partial charge on any atom is 0.143 e. The Morgan fingerprint density at radius 1 is 0.375 bits per heavy atom. The zero-order chi connectivity index (χ0) is 42.2. The van der Waals surface area contributed by atoms with Crippen LogP contribution in [0.4, 0.5) is 17.1 Å². The summed E-state index contributed by atoms with van der Waals surface area (Å²) in [4.78, 5) is 2.45. The molecule has 0 amide bonds. The third-order valence-electron chi connectivity index (χ3n) is 13.4. The van der Waals surface area contributed by atoms with Crippen LogP contribution in [0.15, 0.2) is 241 Å². The predicted octanol–water partition coefficient (Wildman–Crippen LogP) is 17.1. The van der Waals surface area contributed by atoms with Gasteiger partial charge in [-0.05, 0) is 99.1 Å². The number of benzene rings is 10. The van der Waals surface area contributed by atoms with Crippen molar-refractivity contribution in [1.82, 2.24) is 0 Å². The van der Waals surface area contributed by atoms with Crippen LogP contribution >= 0.6 is 11.3 Å². The summed E-state index contributed by atoms with van der Waals surface area (Å²) in [5, 5.41) is 4.88. The van der Waals surface area contributed by atoms with E-state index in [9.17, 15) is 0 Å². The Morgan fingerprint density at radius 3 is 1.70 bits per heavy atom. The zero-order valence-corrected chi connectivity index (χ0v) is 35.6. The van der Waals surface area contributed by atoms with Crippen molar-refractivity contribution in [3.63, 3.8) is 0 Å².